The number of carbonyl (C=O) groups excluding carboxylic acids is 2. The smallest absolute Gasteiger partial charge is 0.341 e. The number of carbonyl (C=O) groups is 2. The highest BCUT2D eigenvalue weighted by Gasteiger charge is 2.40. The maximum atomic E-state index is 12.4. The van der Waals surface area contributed by atoms with E-state index in [1.807, 2.05) is 12.1 Å². The van der Waals surface area contributed by atoms with Crippen molar-refractivity contribution in [1.29, 1.82) is 0 Å². The Kier molecular flexibility index (Phi) is 5.15. The Hall–Kier alpha value is -2.22. The zero-order valence-corrected chi connectivity index (χ0v) is 12.9. The number of alkyl halides is 3. The molecule has 0 unspecified atom stereocenters. The molecule has 2 rings (SSSR count). The van der Waals surface area contributed by atoms with Crippen molar-refractivity contribution in [3.63, 3.8) is 0 Å². The lowest BCUT2D eigenvalue weighted by Crippen LogP contribution is -2.28. The summed E-state index contributed by atoms with van der Waals surface area (Å²) in [6.07, 6.45) is -2.76. The van der Waals surface area contributed by atoms with Gasteiger partial charge < -0.3 is 4.90 Å². The maximum absolute atomic E-state index is 12.4. The molecule has 4 nitrogen and oxygen atoms in total. The second-order valence-corrected chi connectivity index (χ2v) is 5.87. The average Bonchev–Trinajstić information content (AvgIpc) is 3.00. The molecular weight excluding hydrogens is 329 g/mol. The van der Waals surface area contributed by atoms with Gasteiger partial charge in [0.15, 0.2) is 0 Å². The van der Waals surface area contributed by atoms with Gasteiger partial charge in [-0.2, -0.15) is 13.2 Å². The molecule has 0 N–H and O–H groups in total. The Morgan fingerprint density at radius 2 is 1.87 bits per heavy atom. The number of pyridine rings is 1. The summed E-state index contributed by atoms with van der Waals surface area (Å²) < 4.78 is 37.1. The fourth-order valence-electron chi connectivity index (χ4n) is 1.83. The Morgan fingerprint density at radius 3 is 2.48 bits per heavy atom. The van der Waals surface area contributed by atoms with E-state index in [1.165, 1.54) is 11.0 Å². The third kappa shape index (κ3) is 4.38. The molecule has 2 aromatic heterocycles. The number of nitrogens with zero attached hydrogens (tertiary/aromatic N) is 2. The monoisotopic (exact) mass is 342 g/mol. The Morgan fingerprint density at radius 1 is 1.17 bits per heavy atom. The Balaban J connectivity index is 2.00. The van der Waals surface area contributed by atoms with Crippen molar-refractivity contribution in [2.75, 3.05) is 13.6 Å². The Bertz CT molecular complexity index is 698. The number of hydrogen-bond acceptors (Lipinski definition) is 4. The standard InChI is InChI=1S/C15H13F3N2O2S/c1-20(9-7-10-4-2-3-8-19-10)14(22)12-6-5-11(23-12)13(21)15(16,17)18/h2-6,8H,7,9H2,1H3. The maximum Gasteiger partial charge on any atom is 0.455 e. The van der Waals surface area contributed by atoms with E-state index in [0.29, 0.717) is 24.3 Å². The highest BCUT2D eigenvalue weighted by Crippen LogP contribution is 2.26. The number of aromatic nitrogens is 1. The number of ketones is 1. The molecule has 2 heterocycles. The van der Waals surface area contributed by atoms with Crippen molar-refractivity contribution in [3.05, 3.63) is 52.0 Å². The van der Waals surface area contributed by atoms with Crippen LogP contribution in [-0.4, -0.2) is 41.3 Å². The van der Waals surface area contributed by atoms with Crippen LogP contribution < -0.4 is 0 Å². The second-order valence-electron chi connectivity index (χ2n) is 4.79. The van der Waals surface area contributed by atoms with Gasteiger partial charge in [0.2, 0.25) is 0 Å². The molecule has 0 radical (unpaired) electrons. The van der Waals surface area contributed by atoms with Crippen LogP contribution in [0.1, 0.15) is 25.0 Å². The van der Waals surface area contributed by atoms with Crippen LogP contribution in [0.3, 0.4) is 0 Å². The number of halogens is 3. The van der Waals surface area contributed by atoms with Gasteiger partial charge in [0, 0.05) is 31.9 Å². The number of thiophene rings is 1. The summed E-state index contributed by atoms with van der Waals surface area (Å²) in [5.41, 5.74) is 0.811. The molecule has 0 aliphatic carbocycles. The highest BCUT2D eigenvalue weighted by atomic mass is 32.1. The minimum Gasteiger partial charge on any atom is -0.341 e. The van der Waals surface area contributed by atoms with Gasteiger partial charge in [-0.1, -0.05) is 6.07 Å². The van der Waals surface area contributed by atoms with Gasteiger partial charge in [-0.05, 0) is 24.3 Å². The van der Waals surface area contributed by atoms with Crippen molar-refractivity contribution in [2.24, 2.45) is 0 Å². The third-order valence-corrected chi connectivity index (χ3v) is 4.15. The first-order chi connectivity index (χ1) is 10.8. The van der Waals surface area contributed by atoms with Crippen LogP contribution in [0.4, 0.5) is 13.2 Å². The SMILES string of the molecule is CN(CCc1ccccn1)C(=O)c1ccc(C(=O)C(F)(F)F)s1. The van der Waals surface area contributed by atoms with E-state index in [-0.39, 0.29) is 4.88 Å². The van der Waals surface area contributed by atoms with Crippen molar-refractivity contribution < 1.29 is 22.8 Å². The molecule has 8 heteroatoms. The van der Waals surface area contributed by atoms with Crippen LogP contribution in [0.5, 0.6) is 0 Å². The summed E-state index contributed by atoms with van der Waals surface area (Å²) in [6, 6.07) is 7.70. The second kappa shape index (κ2) is 6.91. The van der Waals surface area contributed by atoms with Crippen LogP contribution in [0.2, 0.25) is 0 Å². The first-order valence-electron chi connectivity index (χ1n) is 6.66. The molecule has 0 saturated heterocycles. The number of amides is 1. The van der Waals surface area contributed by atoms with E-state index < -0.39 is 22.7 Å². The minimum atomic E-state index is -4.93. The summed E-state index contributed by atoms with van der Waals surface area (Å²) >= 11 is 0.550. The normalized spacial score (nSPS) is 11.3. The van der Waals surface area contributed by atoms with Crippen LogP contribution in [0.25, 0.3) is 0 Å². The van der Waals surface area contributed by atoms with Gasteiger partial charge in [0.1, 0.15) is 0 Å². The Labute approximate surface area is 134 Å². The lowest BCUT2D eigenvalue weighted by Gasteiger charge is -2.15. The van der Waals surface area contributed by atoms with Crippen molar-refractivity contribution in [2.45, 2.75) is 12.6 Å². The zero-order chi connectivity index (χ0) is 17.0. The molecule has 1 amide bonds. The van der Waals surface area contributed by atoms with Gasteiger partial charge >= 0.3 is 6.18 Å². The molecule has 23 heavy (non-hydrogen) atoms. The van der Waals surface area contributed by atoms with E-state index in [4.69, 9.17) is 0 Å². The van der Waals surface area contributed by atoms with Crippen LogP contribution >= 0.6 is 11.3 Å². The number of Topliss-reactive ketones (excluding diaryl/α,β-unsaturated/α-hetero) is 1. The van der Waals surface area contributed by atoms with E-state index in [1.54, 1.807) is 19.3 Å². The molecule has 0 spiro atoms. The topological polar surface area (TPSA) is 50.3 Å². The van der Waals surface area contributed by atoms with Gasteiger partial charge in [0.25, 0.3) is 11.7 Å². The van der Waals surface area contributed by atoms with E-state index >= 15 is 0 Å². The fourth-order valence-corrected chi connectivity index (χ4v) is 2.79. The lowest BCUT2D eigenvalue weighted by atomic mass is 10.2. The van der Waals surface area contributed by atoms with E-state index in [2.05, 4.69) is 4.98 Å². The minimum absolute atomic E-state index is 0.0983. The summed E-state index contributed by atoms with van der Waals surface area (Å²) in [4.78, 5) is 28.4. The molecule has 0 aliphatic heterocycles. The molecule has 122 valence electrons. The van der Waals surface area contributed by atoms with Gasteiger partial charge in [-0.3, -0.25) is 14.6 Å². The van der Waals surface area contributed by atoms with Crippen LogP contribution in [0, 0.1) is 0 Å². The van der Waals surface area contributed by atoms with Crippen molar-refractivity contribution in [3.8, 4) is 0 Å². The van der Waals surface area contributed by atoms with Crippen LogP contribution in [-0.2, 0) is 6.42 Å². The lowest BCUT2D eigenvalue weighted by molar-refractivity contribution is -0.0882. The summed E-state index contributed by atoms with van der Waals surface area (Å²) in [6.45, 7) is 0.371. The van der Waals surface area contributed by atoms with Crippen molar-refractivity contribution >= 4 is 23.0 Å². The largest absolute Gasteiger partial charge is 0.455 e. The highest BCUT2D eigenvalue weighted by molar-refractivity contribution is 7.16. The summed E-state index contributed by atoms with van der Waals surface area (Å²) in [5.74, 6) is -2.36. The summed E-state index contributed by atoms with van der Waals surface area (Å²) in [5, 5.41) is 0. The first-order valence-corrected chi connectivity index (χ1v) is 7.47. The molecule has 0 aromatic carbocycles. The molecule has 0 bridgehead atoms. The van der Waals surface area contributed by atoms with Gasteiger partial charge in [0.05, 0.1) is 9.75 Å². The first kappa shape index (κ1) is 17.1. The van der Waals surface area contributed by atoms with Gasteiger partial charge in [-0.25, -0.2) is 0 Å². The number of hydrogen-bond donors (Lipinski definition) is 0. The molecule has 0 atom stereocenters. The third-order valence-electron chi connectivity index (χ3n) is 3.07. The van der Waals surface area contributed by atoms with E-state index in [0.717, 1.165) is 11.8 Å². The van der Waals surface area contributed by atoms with E-state index in [9.17, 15) is 22.8 Å². The molecule has 0 saturated carbocycles. The zero-order valence-electron chi connectivity index (χ0n) is 12.1. The van der Waals surface area contributed by atoms with Crippen molar-refractivity contribution in [1.82, 2.24) is 9.88 Å². The summed E-state index contributed by atoms with van der Waals surface area (Å²) in [7, 11) is 1.55. The van der Waals surface area contributed by atoms with Crippen LogP contribution in [0.15, 0.2) is 36.5 Å². The fraction of sp³-hybridized carbons (Fsp3) is 0.267. The number of rotatable bonds is 5. The predicted molar refractivity (Wildman–Crippen MR) is 79.6 cm³/mol. The number of likely N-dealkylation sites (N-methyl/N-ethyl adjacent to an activating group) is 1. The molecular formula is C15H13F3N2O2S. The molecule has 2 aromatic rings. The average molecular weight is 342 g/mol. The quantitative estimate of drug-likeness (QED) is 0.784. The molecule has 0 aliphatic rings. The van der Waals surface area contributed by atoms with Gasteiger partial charge in [-0.15, -0.1) is 11.3 Å². The molecule has 0 fully saturated rings. The predicted octanol–water partition coefficient (Wildman–Crippen LogP) is 3.20.